The van der Waals surface area contributed by atoms with Crippen molar-refractivity contribution in [2.45, 2.75) is 6.42 Å². The van der Waals surface area contributed by atoms with Crippen molar-refractivity contribution in [3.05, 3.63) is 90.3 Å². The van der Waals surface area contributed by atoms with Gasteiger partial charge in [0.2, 0.25) is 0 Å². The highest BCUT2D eigenvalue weighted by Crippen LogP contribution is 2.24. The first-order chi connectivity index (χ1) is 17.2. The van der Waals surface area contributed by atoms with E-state index in [4.69, 9.17) is 9.47 Å². The van der Waals surface area contributed by atoms with Crippen molar-refractivity contribution in [2.24, 2.45) is 5.92 Å². The van der Waals surface area contributed by atoms with Crippen molar-refractivity contribution in [3.63, 3.8) is 0 Å². The molecule has 2 aromatic carbocycles. The van der Waals surface area contributed by atoms with Crippen LogP contribution in [0.3, 0.4) is 0 Å². The standard InChI is InChI=1S/C28H28N4O3/c1-34-24-10-8-23(9-11-24)31-27-25(6-4-12-29-27)28(33)32-13-14-35-19-21(18-32)15-20-16-22-5-2-3-7-26(22)30-17-20/h2-12,16-17,21H,13-15,18-19H2,1H3,(H,29,31). The van der Waals surface area contributed by atoms with Gasteiger partial charge in [0, 0.05) is 42.5 Å². The van der Waals surface area contributed by atoms with Crippen LogP contribution < -0.4 is 10.1 Å². The van der Waals surface area contributed by atoms with Crippen LogP contribution in [0.1, 0.15) is 15.9 Å². The summed E-state index contributed by atoms with van der Waals surface area (Å²) in [6.07, 6.45) is 4.41. The number of carbonyl (C=O) groups is 1. The maximum absolute atomic E-state index is 13.6. The number of anilines is 2. The predicted molar refractivity (Wildman–Crippen MR) is 136 cm³/mol. The highest BCUT2D eigenvalue weighted by atomic mass is 16.5. The van der Waals surface area contributed by atoms with E-state index >= 15 is 0 Å². The minimum atomic E-state index is -0.0544. The van der Waals surface area contributed by atoms with Gasteiger partial charge >= 0.3 is 0 Å². The second-order valence-electron chi connectivity index (χ2n) is 8.69. The molecule has 1 aliphatic heterocycles. The van der Waals surface area contributed by atoms with Crippen molar-refractivity contribution in [2.75, 3.05) is 38.7 Å². The first-order valence-electron chi connectivity index (χ1n) is 11.8. The van der Waals surface area contributed by atoms with E-state index in [-0.39, 0.29) is 11.8 Å². The Bertz CT molecular complexity index is 1310. The molecule has 1 N–H and O–H groups in total. The molecule has 7 nitrogen and oxygen atoms in total. The third-order valence-corrected chi connectivity index (χ3v) is 6.19. The van der Waals surface area contributed by atoms with Gasteiger partial charge in [0.05, 0.1) is 31.4 Å². The van der Waals surface area contributed by atoms with Crippen molar-refractivity contribution in [3.8, 4) is 5.75 Å². The molecule has 178 valence electrons. The number of hydrogen-bond acceptors (Lipinski definition) is 6. The van der Waals surface area contributed by atoms with Gasteiger partial charge in [-0.25, -0.2) is 4.98 Å². The lowest BCUT2D eigenvalue weighted by Crippen LogP contribution is -2.36. The molecule has 1 atom stereocenters. The molecule has 7 heteroatoms. The molecule has 5 rings (SSSR count). The third-order valence-electron chi connectivity index (χ3n) is 6.19. The number of aromatic nitrogens is 2. The first kappa shape index (κ1) is 22.8. The average molecular weight is 469 g/mol. The molecule has 1 fully saturated rings. The highest BCUT2D eigenvalue weighted by molar-refractivity contribution is 5.99. The molecule has 3 heterocycles. The Labute approximate surface area is 204 Å². The Kier molecular flexibility index (Phi) is 6.86. The van der Waals surface area contributed by atoms with E-state index in [2.05, 4.69) is 27.4 Å². The van der Waals surface area contributed by atoms with Gasteiger partial charge in [0.15, 0.2) is 0 Å². The lowest BCUT2D eigenvalue weighted by atomic mass is 9.99. The molecule has 0 spiro atoms. The van der Waals surface area contributed by atoms with E-state index < -0.39 is 0 Å². The Balaban J connectivity index is 1.32. The van der Waals surface area contributed by atoms with E-state index in [1.165, 1.54) is 0 Å². The minimum absolute atomic E-state index is 0.0544. The highest BCUT2D eigenvalue weighted by Gasteiger charge is 2.26. The number of nitrogens with zero attached hydrogens (tertiary/aromatic N) is 3. The number of benzene rings is 2. The summed E-state index contributed by atoms with van der Waals surface area (Å²) in [5.74, 6) is 1.42. The summed E-state index contributed by atoms with van der Waals surface area (Å²) in [6, 6.07) is 21.4. The molecule has 1 saturated heterocycles. The summed E-state index contributed by atoms with van der Waals surface area (Å²) < 4.78 is 11.1. The zero-order chi connectivity index (χ0) is 24.0. The summed E-state index contributed by atoms with van der Waals surface area (Å²) in [5, 5.41) is 4.40. The fourth-order valence-corrected chi connectivity index (χ4v) is 4.41. The Morgan fingerprint density at radius 1 is 1.11 bits per heavy atom. The van der Waals surface area contributed by atoms with Gasteiger partial charge in [-0.2, -0.15) is 0 Å². The van der Waals surface area contributed by atoms with Crippen LogP contribution in [0.15, 0.2) is 79.1 Å². The van der Waals surface area contributed by atoms with Crippen LogP contribution in [0.2, 0.25) is 0 Å². The van der Waals surface area contributed by atoms with Crippen LogP contribution >= 0.6 is 0 Å². The normalized spacial score (nSPS) is 16.0. The van der Waals surface area contributed by atoms with Gasteiger partial charge in [0.1, 0.15) is 11.6 Å². The molecule has 1 unspecified atom stereocenters. The summed E-state index contributed by atoms with van der Waals surface area (Å²) in [7, 11) is 1.63. The lowest BCUT2D eigenvalue weighted by molar-refractivity contribution is 0.0738. The second kappa shape index (κ2) is 10.5. The number of fused-ring (bicyclic) bond motifs is 1. The number of hydrogen-bond donors (Lipinski definition) is 1. The molecule has 2 aromatic heterocycles. The lowest BCUT2D eigenvalue weighted by Gasteiger charge is -2.24. The van der Waals surface area contributed by atoms with E-state index in [1.807, 2.05) is 59.6 Å². The van der Waals surface area contributed by atoms with Crippen molar-refractivity contribution < 1.29 is 14.3 Å². The van der Waals surface area contributed by atoms with Crippen molar-refractivity contribution in [1.82, 2.24) is 14.9 Å². The summed E-state index contributed by atoms with van der Waals surface area (Å²) in [6.45, 7) is 2.28. The van der Waals surface area contributed by atoms with Crippen LogP contribution in [0.5, 0.6) is 5.75 Å². The predicted octanol–water partition coefficient (Wildman–Crippen LogP) is 4.71. The summed E-state index contributed by atoms with van der Waals surface area (Å²) in [5.41, 5.74) is 3.50. The number of methoxy groups -OCH3 is 1. The fraction of sp³-hybridized carbons (Fsp3) is 0.250. The SMILES string of the molecule is COc1ccc(Nc2ncccc2C(=O)N2CCOCC(Cc3cnc4ccccc4c3)C2)cc1. The largest absolute Gasteiger partial charge is 0.497 e. The van der Waals surface area contributed by atoms with Gasteiger partial charge < -0.3 is 19.7 Å². The number of amides is 1. The molecule has 0 aliphatic carbocycles. The molecular weight excluding hydrogens is 440 g/mol. The number of ether oxygens (including phenoxy) is 2. The van der Waals surface area contributed by atoms with Gasteiger partial charge in [-0.1, -0.05) is 18.2 Å². The molecule has 0 saturated carbocycles. The van der Waals surface area contributed by atoms with Gasteiger partial charge in [-0.05, 0) is 60.5 Å². The van der Waals surface area contributed by atoms with E-state index in [1.54, 1.807) is 19.4 Å². The van der Waals surface area contributed by atoms with E-state index in [0.29, 0.717) is 37.7 Å². The maximum Gasteiger partial charge on any atom is 0.257 e. The second-order valence-corrected chi connectivity index (χ2v) is 8.69. The maximum atomic E-state index is 13.6. The number of carbonyl (C=O) groups excluding carboxylic acids is 1. The topological polar surface area (TPSA) is 76.6 Å². The molecule has 35 heavy (non-hydrogen) atoms. The third kappa shape index (κ3) is 5.41. The van der Waals surface area contributed by atoms with Crippen molar-refractivity contribution in [1.29, 1.82) is 0 Å². The van der Waals surface area contributed by atoms with Gasteiger partial charge in [-0.3, -0.25) is 9.78 Å². The zero-order valence-corrected chi connectivity index (χ0v) is 19.7. The molecule has 4 aromatic rings. The van der Waals surface area contributed by atoms with Crippen LogP contribution in [-0.4, -0.2) is 54.2 Å². The number of nitrogens with one attached hydrogen (secondary N) is 1. The van der Waals surface area contributed by atoms with Gasteiger partial charge in [-0.15, -0.1) is 0 Å². The van der Waals surface area contributed by atoms with Gasteiger partial charge in [0.25, 0.3) is 5.91 Å². The first-order valence-corrected chi connectivity index (χ1v) is 11.8. The Morgan fingerprint density at radius 2 is 1.97 bits per heavy atom. The van der Waals surface area contributed by atoms with Crippen LogP contribution in [0.25, 0.3) is 10.9 Å². The Morgan fingerprint density at radius 3 is 2.83 bits per heavy atom. The fourth-order valence-electron chi connectivity index (χ4n) is 4.41. The molecular formula is C28H28N4O3. The van der Waals surface area contributed by atoms with Crippen LogP contribution in [0, 0.1) is 5.92 Å². The molecule has 1 aliphatic rings. The smallest absolute Gasteiger partial charge is 0.257 e. The minimum Gasteiger partial charge on any atom is -0.497 e. The van der Waals surface area contributed by atoms with Crippen LogP contribution in [0.4, 0.5) is 11.5 Å². The average Bonchev–Trinajstić information content (AvgIpc) is 3.14. The summed E-state index contributed by atoms with van der Waals surface area (Å²) in [4.78, 5) is 24.5. The number of pyridine rings is 2. The number of para-hydroxylation sites is 1. The molecule has 0 radical (unpaired) electrons. The van der Waals surface area contributed by atoms with E-state index in [0.717, 1.165) is 34.3 Å². The Hall–Kier alpha value is -3.97. The van der Waals surface area contributed by atoms with E-state index in [9.17, 15) is 4.79 Å². The molecule has 0 bridgehead atoms. The number of rotatable bonds is 6. The van der Waals surface area contributed by atoms with Crippen molar-refractivity contribution >= 4 is 28.3 Å². The quantitative estimate of drug-likeness (QED) is 0.442. The zero-order valence-electron chi connectivity index (χ0n) is 19.7. The van der Waals surface area contributed by atoms with Crippen LogP contribution in [-0.2, 0) is 11.2 Å². The monoisotopic (exact) mass is 468 g/mol. The summed E-state index contributed by atoms with van der Waals surface area (Å²) >= 11 is 0. The molecule has 1 amide bonds.